The van der Waals surface area contributed by atoms with E-state index in [0.29, 0.717) is 64.4 Å². The molecule has 6 rings (SSSR count). The first-order valence-electron chi connectivity index (χ1n) is 18.0. The van der Waals surface area contributed by atoms with Crippen LogP contribution in [0.4, 0.5) is 0 Å². The zero-order chi connectivity index (χ0) is 40.1. The van der Waals surface area contributed by atoms with Gasteiger partial charge in [0.15, 0.2) is 12.1 Å². The Labute approximate surface area is 331 Å². The van der Waals surface area contributed by atoms with Gasteiger partial charge in [-0.2, -0.15) is 0 Å². The fourth-order valence-electron chi connectivity index (χ4n) is 6.71. The van der Waals surface area contributed by atoms with E-state index in [-0.39, 0.29) is 54.6 Å². The van der Waals surface area contributed by atoms with Gasteiger partial charge in [0.25, 0.3) is 11.8 Å². The normalized spacial score (nSPS) is 16.1. The lowest BCUT2D eigenvalue weighted by Gasteiger charge is -2.30. The molecule has 2 aliphatic heterocycles. The van der Waals surface area contributed by atoms with Gasteiger partial charge < -0.3 is 19.7 Å². The number of unbranched alkanes of at least 4 members (excludes halogenated alkanes) is 2. The van der Waals surface area contributed by atoms with Crippen molar-refractivity contribution >= 4 is 64.5 Å². The minimum absolute atomic E-state index is 0.0491. The lowest BCUT2D eigenvalue weighted by molar-refractivity contribution is -0.141. The van der Waals surface area contributed by atoms with Gasteiger partial charge in [0.05, 0.1) is 41.9 Å². The Hall–Kier alpha value is -5.74. The predicted octanol–water partition coefficient (Wildman–Crippen LogP) is 4.72. The van der Waals surface area contributed by atoms with E-state index in [1.54, 1.807) is 31.2 Å². The van der Waals surface area contributed by atoms with Gasteiger partial charge in [-0.1, -0.05) is 29.8 Å². The quantitative estimate of drug-likeness (QED) is 0.0781. The Balaban J connectivity index is 1.09. The number of amides is 4. The Morgan fingerprint density at radius 3 is 2.57 bits per heavy atom. The van der Waals surface area contributed by atoms with Crippen LogP contribution in [-0.2, 0) is 19.1 Å². The van der Waals surface area contributed by atoms with Crippen molar-refractivity contribution in [3.05, 3.63) is 91.8 Å². The number of aryl methyl sites for hydroxylation is 1. The maximum Gasteiger partial charge on any atom is 0.308 e. The smallest absolute Gasteiger partial charge is 0.308 e. The molecular weight excluding hydrogens is 762 g/mol. The molecule has 2 aromatic carbocycles. The number of hydrogen-bond acceptors (Lipinski definition) is 12. The topological polar surface area (TPSA) is 191 Å². The number of aliphatic imine (C=N–C) groups is 1. The van der Waals surface area contributed by atoms with Crippen molar-refractivity contribution in [3.63, 3.8) is 0 Å². The minimum atomic E-state index is -0.831. The van der Waals surface area contributed by atoms with Crippen molar-refractivity contribution < 1.29 is 38.2 Å². The number of nitrogens with zero attached hydrogens (tertiary/aromatic N) is 5. The number of nitrogens with one attached hydrogen (secondary N) is 2. The Morgan fingerprint density at radius 1 is 1.09 bits per heavy atom. The van der Waals surface area contributed by atoms with E-state index in [4.69, 9.17) is 26.1 Å². The molecule has 0 aliphatic carbocycles. The number of ether oxygens (including phenoxy) is 2. The van der Waals surface area contributed by atoms with E-state index in [1.165, 1.54) is 36.5 Å². The molecule has 4 amide bonds. The molecule has 4 heterocycles. The summed E-state index contributed by atoms with van der Waals surface area (Å²) in [6.45, 7) is 4.33. The van der Waals surface area contributed by atoms with E-state index in [9.17, 15) is 28.8 Å². The zero-order valence-electron chi connectivity index (χ0n) is 31.2. The fourth-order valence-corrected chi connectivity index (χ4v) is 8.12. The first kappa shape index (κ1) is 39.9. The van der Waals surface area contributed by atoms with Gasteiger partial charge in [-0.3, -0.25) is 43.6 Å². The Morgan fingerprint density at radius 2 is 1.86 bits per heavy atom. The highest BCUT2D eigenvalue weighted by Gasteiger charge is 2.35. The summed E-state index contributed by atoms with van der Waals surface area (Å²) in [5.41, 5.74) is 2.98. The molecule has 1 fully saturated rings. The first-order valence-corrected chi connectivity index (χ1v) is 19.2. The molecule has 56 heavy (non-hydrogen) atoms. The average molecular weight is 802 g/mol. The monoisotopic (exact) mass is 801 g/mol. The van der Waals surface area contributed by atoms with Gasteiger partial charge in [0, 0.05) is 36.2 Å². The van der Waals surface area contributed by atoms with Gasteiger partial charge in [-0.15, -0.1) is 21.5 Å². The number of halogens is 1. The van der Waals surface area contributed by atoms with Gasteiger partial charge in [-0.25, -0.2) is 0 Å². The molecule has 2 aromatic heterocycles. The number of methoxy groups -OCH3 is 1. The van der Waals surface area contributed by atoms with Crippen molar-refractivity contribution in [1.29, 1.82) is 0 Å². The molecule has 2 atom stereocenters. The van der Waals surface area contributed by atoms with Crippen LogP contribution in [0, 0.1) is 13.8 Å². The summed E-state index contributed by atoms with van der Waals surface area (Å²) in [5, 5.41) is 15.2. The van der Waals surface area contributed by atoms with E-state index in [1.807, 2.05) is 23.6 Å². The van der Waals surface area contributed by atoms with E-state index in [2.05, 4.69) is 20.8 Å². The fraction of sp³-hybridized carbons (Fsp3) is 0.359. The third-order valence-electron chi connectivity index (χ3n) is 9.69. The Bertz CT molecular complexity index is 2230. The number of thiophene rings is 1. The number of aromatic nitrogens is 3. The molecule has 2 unspecified atom stereocenters. The summed E-state index contributed by atoms with van der Waals surface area (Å²) in [6.07, 6.45) is 2.77. The molecule has 2 N–H and O–H groups in total. The van der Waals surface area contributed by atoms with Crippen molar-refractivity contribution in [2.45, 2.75) is 64.5 Å². The number of fused-ring (bicyclic) bond motifs is 3. The predicted molar refractivity (Wildman–Crippen MR) is 207 cm³/mol. The van der Waals surface area contributed by atoms with Crippen LogP contribution < -0.4 is 15.4 Å². The second-order valence-electron chi connectivity index (χ2n) is 13.3. The molecule has 0 saturated carbocycles. The number of rotatable bonds is 14. The maximum atomic E-state index is 13.7. The van der Waals surface area contributed by atoms with Gasteiger partial charge in [-0.05, 0) is 69.4 Å². The highest BCUT2D eigenvalue weighted by atomic mass is 35.5. The van der Waals surface area contributed by atoms with Crippen molar-refractivity contribution in [1.82, 2.24) is 30.3 Å². The molecule has 0 spiro atoms. The standard InChI is InChI=1S/C39H40ClN7O8S/c1-21-32-33(23-11-13-24(40)14-12-23)42-27(19-31(50)54-4)35-45-44-22(2)47(35)39(32)56-34(21)37(52)41-17-6-5-7-18-55-29-10-8-9-25(26(29)20-48)38(53)46(3)28-15-16-30(49)43-36(28)51/h8-14,20,27-28H,5-7,15-19H2,1-4H3,(H,41,52)(H,43,49,51). The third-order valence-corrected chi connectivity index (χ3v) is 11.2. The van der Waals surface area contributed by atoms with Crippen LogP contribution in [0.25, 0.3) is 5.00 Å². The minimum Gasteiger partial charge on any atom is -0.493 e. The molecule has 17 heteroatoms. The molecule has 2 aliphatic rings. The number of piperidine rings is 1. The number of hydrogen-bond donors (Lipinski definition) is 2. The number of aldehydes is 1. The molecular formula is C39H40ClN7O8S. The molecule has 4 aromatic rings. The number of carbonyl (C=O) groups excluding carboxylic acids is 6. The maximum absolute atomic E-state index is 13.7. The summed E-state index contributed by atoms with van der Waals surface area (Å²) >= 11 is 7.51. The van der Waals surface area contributed by atoms with Crippen molar-refractivity contribution in [3.8, 4) is 10.8 Å². The molecule has 1 saturated heterocycles. The molecule has 0 bridgehead atoms. The number of esters is 1. The highest BCUT2D eigenvalue weighted by Crippen LogP contribution is 2.40. The lowest BCUT2D eigenvalue weighted by atomic mass is 9.99. The van der Waals surface area contributed by atoms with Crippen LogP contribution >= 0.6 is 22.9 Å². The second-order valence-corrected chi connectivity index (χ2v) is 14.8. The van der Waals surface area contributed by atoms with E-state index >= 15 is 0 Å². The summed E-state index contributed by atoms with van der Waals surface area (Å²) in [6, 6.07) is 10.4. The number of imide groups is 1. The van der Waals surface area contributed by atoms with Crippen LogP contribution in [0.2, 0.25) is 5.02 Å². The number of likely N-dealkylation sites (N-methyl/N-ethyl adjacent to an activating group) is 1. The third kappa shape index (κ3) is 8.26. The Kier molecular flexibility index (Phi) is 12.4. The van der Waals surface area contributed by atoms with Crippen LogP contribution in [0.5, 0.6) is 5.75 Å². The lowest BCUT2D eigenvalue weighted by Crippen LogP contribution is -2.53. The van der Waals surface area contributed by atoms with Crippen LogP contribution in [0.15, 0.2) is 47.5 Å². The molecule has 0 radical (unpaired) electrons. The van der Waals surface area contributed by atoms with Gasteiger partial charge in [0.2, 0.25) is 11.8 Å². The van der Waals surface area contributed by atoms with Crippen molar-refractivity contribution in [2.75, 3.05) is 27.3 Å². The SMILES string of the molecule is COC(=O)CC1N=C(c2ccc(Cl)cc2)c2c(sc(C(=O)NCCCCCOc3cccc(C(=O)N(C)C4CCC(=O)NC4=O)c3C=O)c2C)-n2c(C)nnc21. The summed E-state index contributed by atoms with van der Waals surface area (Å²) in [4.78, 5) is 82.1. The average Bonchev–Trinajstić information content (AvgIpc) is 3.69. The van der Waals surface area contributed by atoms with Gasteiger partial charge in [0.1, 0.15) is 28.7 Å². The highest BCUT2D eigenvalue weighted by molar-refractivity contribution is 7.17. The zero-order valence-corrected chi connectivity index (χ0v) is 32.8. The van der Waals surface area contributed by atoms with E-state index < -0.39 is 29.9 Å². The largest absolute Gasteiger partial charge is 0.493 e. The van der Waals surface area contributed by atoms with Crippen LogP contribution in [-0.4, -0.2) is 94.6 Å². The second kappa shape index (κ2) is 17.4. The summed E-state index contributed by atoms with van der Waals surface area (Å²) < 4.78 is 12.7. The molecule has 292 valence electrons. The number of benzene rings is 2. The van der Waals surface area contributed by atoms with Gasteiger partial charge >= 0.3 is 5.97 Å². The number of carbonyl (C=O) groups is 6. The van der Waals surface area contributed by atoms with Crippen LogP contribution in [0.1, 0.15) is 103 Å². The molecule has 15 nitrogen and oxygen atoms in total. The summed E-state index contributed by atoms with van der Waals surface area (Å²) in [7, 11) is 2.78. The summed E-state index contributed by atoms with van der Waals surface area (Å²) in [5.74, 6) is -0.881. The van der Waals surface area contributed by atoms with Crippen molar-refractivity contribution in [2.24, 2.45) is 4.99 Å². The van der Waals surface area contributed by atoms with Crippen LogP contribution in [0.3, 0.4) is 0 Å². The van der Waals surface area contributed by atoms with E-state index in [0.717, 1.165) is 16.7 Å². The first-order chi connectivity index (χ1) is 26.9.